The Morgan fingerprint density at radius 2 is 1.79 bits per heavy atom. The lowest BCUT2D eigenvalue weighted by atomic mass is 9.93. The molecule has 0 radical (unpaired) electrons. The summed E-state index contributed by atoms with van der Waals surface area (Å²) in [4.78, 5) is 26.9. The minimum Gasteiger partial charge on any atom is -0.497 e. The smallest absolute Gasteiger partial charge is 0.342 e. The van der Waals surface area contributed by atoms with Crippen molar-refractivity contribution in [2.45, 2.75) is 57.7 Å². The van der Waals surface area contributed by atoms with E-state index < -0.39 is 30.1 Å². The minimum absolute atomic E-state index is 0.0579. The predicted molar refractivity (Wildman–Crippen MR) is 146 cm³/mol. The Labute approximate surface area is 229 Å². The molecular formula is C31H36O8. The maximum atomic E-state index is 13.6. The molecule has 8 heteroatoms. The number of cyclic esters (lactones) is 1. The first kappa shape index (κ1) is 28.5. The van der Waals surface area contributed by atoms with E-state index in [0.29, 0.717) is 24.2 Å². The van der Waals surface area contributed by atoms with Gasteiger partial charge in [-0.15, -0.1) is 0 Å². The van der Waals surface area contributed by atoms with Crippen LogP contribution in [-0.4, -0.2) is 56.9 Å². The highest BCUT2D eigenvalue weighted by Gasteiger charge is 2.43. The van der Waals surface area contributed by atoms with Gasteiger partial charge in [0.15, 0.2) is 18.4 Å². The van der Waals surface area contributed by atoms with Gasteiger partial charge in [0.2, 0.25) is 0 Å². The number of carbonyl (C=O) groups is 2. The van der Waals surface area contributed by atoms with Gasteiger partial charge >= 0.3 is 5.97 Å². The molecule has 2 heterocycles. The van der Waals surface area contributed by atoms with Crippen molar-refractivity contribution in [1.29, 1.82) is 0 Å². The first-order valence-electron chi connectivity index (χ1n) is 13.0. The second-order valence-electron chi connectivity index (χ2n) is 10.1. The number of fused-ring (bicyclic) bond motifs is 2. The summed E-state index contributed by atoms with van der Waals surface area (Å²) < 4.78 is 34.4. The second-order valence-corrected chi connectivity index (χ2v) is 10.1. The molecular weight excluding hydrogens is 500 g/mol. The van der Waals surface area contributed by atoms with E-state index in [1.807, 2.05) is 43.3 Å². The Balaban J connectivity index is 1.78. The first-order valence-corrected chi connectivity index (χ1v) is 13.0. The van der Waals surface area contributed by atoms with Gasteiger partial charge in [-0.05, 0) is 56.9 Å². The van der Waals surface area contributed by atoms with Crippen molar-refractivity contribution in [1.82, 2.24) is 0 Å². The van der Waals surface area contributed by atoms with Crippen LogP contribution in [0.2, 0.25) is 0 Å². The van der Waals surface area contributed by atoms with Crippen LogP contribution in [0.1, 0.15) is 48.7 Å². The molecule has 208 valence electrons. The Morgan fingerprint density at radius 3 is 2.51 bits per heavy atom. The van der Waals surface area contributed by atoms with Crippen LogP contribution < -0.4 is 9.47 Å². The number of hydrogen-bond acceptors (Lipinski definition) is 8. The Morgan fingerprint density at radius 1 is 1.03 bits per heavy atom. The van der Waals surface area contributed by atoms with E-state index in [2.05, 4.69) is 0 Å². The van der Waals surface area contributed by atoms with Gasteiger partial charge < -0.3 is 28.4 Å². The van der Waals surface area contributed by atoms with Gasteiger partial charge in [0.25, 0.3) is 0 Å². The zero-order valence-electron chi connectivity index (χ0n) is 23.0. The number of methoxy groups -OCH3 is 2. The topological polar surface area (TPSA) is 89.5 Å². The van der Waals surface area contributed by atoms with Crippen LogP contribution in [0.15, 0.2) is 60.7 Å². The molecule has 0 aliphatic carbocycles. The zero-order valence-corrected chi connectivity index (χ0v) is 23.0. The van der Waals surface area contributed by atoms with Crippen LogP contribution >= 0.6 is 0 Å². The maximum absolute atomic E-state index is 13.6. The number of rotatable bonds is 6. The Kier molecular flexibility index (Phi) is 9.22. The number of carbonyl (C=O) groups excluding carboxylic acids is 2. The standard InChI is InChI=1S/C31H36O8/c1-20-22(16-21-10-7-6-8-11-21)14-15-25(32)29-26(38-31(2,3)39-29)13-9-12-23-17-24(35-5)18-27(36-19-34-4)28(23)30(33)37-20/h6-12,14-15,17-18,20,22,26,29H,13,16,19H2,1-5H3/b12-9?,15-14-/t20-,22+,26-,29+/m0/s1. The van der Waals surface area contributed by atoms with E-state index in [4.69, 9.17) is 28.4 Å². The van der Waals surface area contributed by atoms with Gasteiger partial charge in [0.05, 0.1) is 13.2 Å². The quantitative estimate of drug-likeness (QED) is 0.370. The Bertz CT molecular complexity index is 1220. The summed E-state index contributed by atoms with van der Waals surface area (Å²) in [5, 5.41) is 0. The van der Waals surface area contributed by atoms with Crippen LogP contribution in [0.25, 0.3) is 6.08 Å². The van der Waals surface area contributed by atoms with Crippen molar-refractivity contribution < 1.29 is 38.0 Å². The van der Waals surface area contributed by atoms with Crippen molar-refractivity contribution in [2.75, 3.05) is 21.0 Å². The molecule has 4 atom stereocenters. The molecule has 0 saturated carbocycles. The molecule has 0 unspecified atom stereocenters. The summed E-state index contributed by atoms with van der Waals surface area (Å²) in [6.45, 7) is 5.35. The van der Waals surface area contributed by atoms with Crippen LogP contribution in [-0.2, 0) is 30.2 Å². The van der Waals surface area contributed by atoms with Crippen molar-refractivity contribution in [3.63, 3.8) is 0 Å². The van der Waals surface area contributed by atoms with Crippen LogP contribution in [0.4, 0.5) is 0 Å². The summed E-state index contributed by atoms with van der Waals surface area (Å²) in [6.07, 6.45) is 6.10. The highest BCUT2D eigenvalue weighted by Crippen LogP contribution is 2.34. The molecule has 1 saturated heterocycles. The number of esters is 1. The third-order valence-corrected chi connectivity index (χ3v) is 6.73. The first-order chi connectivity index (χ1) is 18.7. The van der Waals surface area contributed by atoms with E-state index in [0.717, 1.165) is 5.56 Å². The fourth-order valence-corrected chi connectivity index (χ4v) is 4.80. The average molecular weight is 537 g/mol. The largest absolute Gasteiger partial charge is 0.497 e. The van der Waals surface area contributed by atoms with Gasteiger partial charge in [-0.1, -0.05) is 48.6 Å². The summed E-state index contributed by atoms with van der Waals surface area (Å²) in [6, 6.07) is 13.2. The van der Waals surface area contributed by atoms with Gasteiger partial charge in [0, 0.05) is 19.1 Å². The SMILES string of the molecule is COCOc1cc(OC)cc2c1C(=O)O[C@@H](C)[C@@H](Cc1ccccc1)/C=C\C(=O)[C@H]1OC(C)(C)O[C@H]1CC=C2. The maximum Gasteiger partial charge on any atom is 0.342 e. The molecule has 0 N–H and O–H groups in total. The van der Waals surface area contributed by atoms with E-state index in [-0.39, 0.29) is 29.8 Å². The summed E-state index contributed by atoms with van der Waals surface area (Å²) in [5.41, 5.74) is 1.86. The van der Waals surface area contributed by atoms with Crippen LogP contribution in [0, 0.1) is 5.92 Å². The van der Waals surface area contributed by atoms with Crippen LogP contribution in [0.5, 0.6) is 11.5 Å². The van der Waals surface area contributed by atoms with Crippen molar-refractivity contribution in [3.05, 3.63) is 77.4 Å². The summed E-state index contributed by atoms with van der Waals surface area (Å²) >= 11 is 0. The lowest BCUT2D eigenvalue weighted by Gasteiger charge is -2.23. The number of ether oxygens (including phenoxy) is 6. The van der Waals surface area contributed by atoms with Crippen LogP contribution in [0.3, 0.4) is 0 Å². The third kappa shape index (κ3) is 7.15. The number of hydrogen-bond donors (Lipinski definition) is 0. The van der Waals surface area contributed by atoms with Crippen molar-refractivity contribution in [3.8, 4) is 11.5 Å². The molecule has 2 aromatic rings. The molecule has 1 fully saturated rings. The monoisotopic (exact) mass is 536 g/mol. The molecule has 0 bridgehead atoms. The second kappa shape index (κ2) is 12.6. The van der Waals surface area contributed by atoms with E-state index in [1.54, 1.807) is 38.1 Å². The predicted octanol–water partition coefficient (Wildman–Crippen LogP) is 5.14. The summed E-state index contributed by atoms with van der Waals surface area (Å²) in [5.74, 6) is -1.14. The minimum atomic E-state index is -0.904. The molecule has 2 aliphatic rings. The van der Waals surface area contributed by atoms with E-state index in [9.17, 15) is 9.59 Å². The van der Waals surface area contributed by atoms with Gasteiger partial charge in [-0.25, -0.2) is 4.79 Å². The molecule has 39 heavy (non-hydrogen) atoms. The molecule has 4 rings (SSSR count). The van der Waals surface area contributed by atoms with Crippen molar-refractivity contribution in [2.24, 2.45) is 5.92 Å². The van der Waals surface area contributed by atoms with Crippen molar-refractivity contribution >= 4 is 17.8 Å². The van der Waals surface area contributed by atoms with E-state index >= 15 is 0 Å². The lowest BCUT2D eigenvalue weighted by molar-refractivity contribution is -0.152. The summed E-state index contributed by atoms with van der Waals surface area (Å²) in [7, 11) is 3.04. The molecule has 0 amide bonds. The molecule has 8 nitrogen and oxygen atoms in total. The van der Waals surface area contributed by atoms with Gasteiger partial charge in [-0.3, -0.25) is 4.79 Å². The van der Waals surface area contributed by atoms with Gasteiger partial charge in [-0.2, -0.15) is 0 Å². The number of ketones is 1. The molecule has 0 aromatic heterocycles. The van der Waals surface area contributed by atoms with E-state index in [1.165, 1.54) is 20.3 Å². The third-order valence-electron chi connectivity index (χ3n) is 6.73. The fraction of sp³-hybridized carbons (Fsp3) is 0.419. The Hall–Kier alpha value is -3.46. The normalized spacial score (nSPS) is 25.7. The zero-order chi connectivity index (χ0) is 28.0. The molecule has 0 spiro atoms. The average Bonchev–Trinajstić information content (AvgIpc) is 3.23. The number of benzene rings is 2. The molecule has 2 aliphatic heterocycles. The lowest BCUT2D eigenvalue weighted by Crippen LogP contribution is -2.31. The highest BCUT2D eigenvalue weighted by molar-refractivity contribution is 5.97. The fourth-order valence-electron chi connectivity index (χ4n) is 4.80. The molecule has 2 aromatic carbocycles. The van der Waals surface area contributed by atoms with Gasteiger partial charge in [0.1, 0.15) is 29.3 Å². The highest BCUT2D eigenvalue weighted by atomic mass is 16.8.